The molecule has 0 aliphatic heterocycles. The molecule has 2 amide bonds. The molecule has 0 spiro atoms. The van der Waals surface area contributed by atoms with E-state index in [1.807, 2.05) is 0 Å². The van der Waals surface area contributed by atoms with Crippen molar-refractivity contribution in [1.29, 1.82) is 0 Å². The fourth-order valence-electron chi connectivity index (χ4n) is 4.29. The Balaban J connectivity index is 1.45. The van der Waals surface area contributed by atoms with Crippen molar-refractivity contribution in [3.05, 3.63) is 121 Å². The maximum absolute atomic E-state index is 13.5. The van der Waals surface area contributed by atoms with Crippen molar-refractivity contribution in [2.45, 2.75) is 9.79 Å². The zero-order valence-electron chi connectivity index (χ0n) is 24.4. The molecule has 44 heavy (non-hydrogen) atoms. The average molecular weight is 635 g/mol. The summed E-state index contributed by atoms with van der Waals surface area (Å²) in [4.78, 5) is 29.3. The highest BCUT2D eigenvalue weighted by molar-refractivity contribution is 7.93. The number of nitrogens with zero attached hydrogens (tertiary/aromatic N) is 4. The summed E-state index contributed by atoms with van der Waals surface area (Å²) in [5.41, 5.74) is 0.678. The van der Waals surface area contributed by atoms with Crippen LogP contribution in [0.15, 0.2) is 131 Å². The van der Waals surface area contributed by atoms with Gasteiger partial charge in [0, 0.05) is 27.2 Å². The first kappa shape index (κ1) is 32.2. The maximum Gasteiger partial charge on any atom is 0.264 e. The van der Waals surface area contributed by atoms with Gasteiger partial charge in [-0.05, 0) is 48.5 Å². The Hall–Kier alpha value is -4.68. The van der Waals surface area contributed by atoms with Crippen molar-refractivity contribution in [2.75, 3.05) is 48.9 Å². The number of likely N-dealkylation sites (N-methyl/N-ethyl adjacent to an activating group) is 2. The van der Waals surface area contributed by atoms with Crippen LogP contribution < -0.4 is 8.61 Å². The number of amides is 2. The van der Waals surface area contributed by atoms with Gasteiger partial charge in [0.2, 0.25) is 11.8 Å². The maximum atomic E-state index is 13.5. The number of sulfonamides is 2. The van der Waals surface area contributed by atoms with Gasteiger partial charge in [-0.3, -0.25) is 18.2 Å². The summed E-state index contributed by atoms with van der Waals surface area (Å²) in [7, 11) is -5.04. The van der Waals surface area contributed by atoms with E-state index >= 15 is 0 Å². The van der Waals surface area contributed by atoms with Crippen molar-refractivity contribution in [2.24, 2.45) is 0 Å². The van der Waals surface area contributed by atoms with E-state index in [0.717, 1.165) is 8.61 Å². The summed E-state index contributed by atoms with van der Waals surface area (Å²) >= 11 is 0. The molecule has 4 aromatic carbocycles. The molecular formula is C32H34N4O6S2. The summed E-state index contributed by atoms with van der Waals surface area (Å²) in [6, 6.07) is 32.4. The highest BCUT2D eigenvalue weighted by Gasteiger charge is 2.30. The van der Waals surface area contributed by atoms with Crippen LogP contribution in [0.4, 0.5) is 11.4 Å². The Morgan fingerprint density at radius 3 is 1.05 bits per heavy atom. The van der Waals surface area contributed by atoms with Crippen LogP contribution in [0, 0.1) is 0 Å². The minimum atomic E-state index is -4.05. The summed E-state index contributed by atoms with van der Waals surface area (Å²) in [6.07, 6.45) is 0. The van der Waals surface area contributed by atoms with Crippen molar-refractivity contribution < 1.29 is 26.4 Å². The quantitative estimate of drug-likeness (QED) is 0.222. The topological polar surface area (TPSA) is 115 Å². The van der Waals surface area contributed by atoms with E-state index < -0.39 is 45.0 Å². The lowest BCUT2D eigenvalue weighted by Gasteiger charge is -2.29. The van der Waals surface area contributed by atoms with Gasteiger partial charge >= 0.3 is 0 Å². The second-order valence-corrected chi connectivity index (χ2v) is 13.7. The molecule has 0 heterocycles. The Bertz CT molecular complexity index is 1620. The van der Waals surface area contributed by atoms with Crippen LogP contribution in [0.2, 0.25) is 0 Å². The molecule has 0 bridgehead atoms. The highest BCUT2D eigenvalue weighted by atomic mass is 32.2. The summed E-state index contributed by atoms with van der Waals surface area (Å²) < 4.78 is 56.1. The largest absolute Gasteiger partial charge is 0.342 e. The number of para-hydroxylation sites is 2. The van der Waals surface area contributed by atoms with Gasteiger partial charge in [-0.15, -0.1) is 0 Å². The van der Waals surface area contributed by atoms with E-state index in [0.29, 0.717) is 11.4 Å². The molecule has 4 rings (SSSR count). The van der Waals surface area contributed by atoms with E-state index in [2.05, 4.69) is 0 Å². The first-order chi connectivity index (χ1) is 21.0. The van der Waals surface area contributed by atoms with Gasteiger partial charge in [-0.25, -0.2) is 16.8 Å². The van der Waals surface area contributed by atoms with Gasteiger partial charge in [-0.2, -0.15) is 0 Å². The lowest BCUT2D eigenvalue weighted by atomic mass is 10.3. The number of rotatable bonds is 13. The van der Waals surface area contributed by atoms with E-state index in [-0.39, 0.29) is 22.9 Å². The summed E-state index contributed by atoms with van der Waals surface area (Å²) in [5, 5.41) is 0. The van der Waals surface area contributed by atoms with Crippen LogP contribution in [0.25, 0.3) is 0 Å². The van der Waals surface area contributed by atoms with Gasteiger partial charge in [0.1, 0.15) is 13.1 Å². The molecule has 0 aliphatic carbocycles. The molecule has 4 aromatic rings. The normalized spacial score (nSPS) is 11.4. The first-order valence-electron chi connectivity index (χ1n) is 13.8. The molecule has 0 unspecified atom stereocenters. The highest BCUT2D eigenvalue weighted by Crippen LogP contribution is 2.25. The number of carbonyl (C=O) groups is 2. The molecule has 12 heteroatoms. The van der Waals surface area contributed by atoms with Crippen LogP contribution in [0.3, 0.4) is 0 Å². The SMILES string of the molecule is CN(CCN(C)C(=O)CN(c1ccccc1)S(=O)(=O)c1ccccc1)C(=O)CN(c1ccccc1)S(=O)(=O)c1ccccc1. The van der Waals surface area contributed by atoms with Gasteiger partial charge < -0.3 is 9.80 Å². The van der Waals surface area contributed by atoms with Crippen molar-refractivity contribution in [3.63, 3.8) is 0 Å². The molecule has 0 atom stereocenters. The number of anilines is 2. The molecule has 0 N–H and O–H groups in total. The Kier molecular flexibility index (Phi) is 10.4. The second kappa shape index (κ2) is 14.2. The molecule has 0 saturated carbocycles. The molecule has 0 fully saturated rings. The van der Waals surface area contributed by atoms with E-state index in [1.54, 1.807) is 97.1 Å². The van der Waals surface area contributed by atoms with Crippen molar-refractivity contribution in [1.82, 2.24) is 9.80 Å². The predicted molar refractivity (Wildman–Crippen MR) is 170 cm³/mol. The Morgan fingerprint density at radius 2 is 0.750 bits per heavy atom. The summed E-state index contributed by atoms with van der Waals surface area (Å²) in [5.74, 6) is -0.960. The van der Waals surface area contributed by atoms with Gasteiger partial charge in [-0.1, -0.05) is 72.8 Å². The number of hydrogen-bond acceptors (Lipinski definition) is 6. The van der Waals surface area contributed by atoms with Crippen LogP contribution in [-0.2, 0) is 29.6 Å². The van der Waals surface area contributed by atoms with Crippen LogP contribution >= 0.6 is 0 Å². The lowest BCUT2D eigenvalue weighted by molar-refractivity contribution is -0.131. The molecule has 0 radical (unpaired) electrons. The minimum Gasteiger partial charge on any atom is -0.342 e. The molecule has 0 aliphatic rings. The van der Waals surface area contributed by atoms with Crippen LogP contribution in [0.5, 0.6) is 0 Å². The molecular weight excluding hydrogens is 601 g/mol. The van der Waals surface area contributed by atoms with E-state index in [1.165, 1.54) is 48.2 Å². The van der Waals surface area contributed by atoms with Gasteiger partial charge in [0.25, 0.3) is 20.0 Å². The van der Waals surface area contributed by atoms with Crippen LogP contribution in [-0.4, -0.2) is 78.7 Å². The number of hydrogen-bond donors (Lipinski definition) is 0. The zero-order chi connectivity index (χ0) is 31.7. The molecule has 0 saturated heterocycles. The monoisotopic (exact) mass is 634 g/mol. The molecule has 0 aromatic heterocycles. The number of carbonyl (C=O) groups excluding carboxylic acids is 2. The van der Waals surface area contributed by atoms with Crippen molar-refractivity contribution >= 4 is 43.2 Å². The lowest BCUT2D eigenvalue weighted by Crippen LogP contribution is -2.46. The van der Waals surface area contributed by atoms with Gasteiger partial charge in [0.15, 0.2) is 0 Å². The third-order valence-corrected chi connectivity index (χ3v) is 10.5. The average Bonchev–Trinajstić information content (AvgIpc) is 3.05. The smallest absolute Gasteiger partial charge is 0.264 e. The fourth-order valence-corrected chi connectivity index (χ4v) is 7.16. The first-order valence-corrected chi connectivity index (χ1v) is 16.6. The Morgan fingerprint density at radius 1 is 0.477 bits per heavy atom. The van der Waals surface area contributed by atoms with Crippen molar-refractivity contribution in [3.8, 4) is 0 Å². The number of benzene rings is 4. The third kappa shape index (κ3) is 7.63. The predicted octanol–water partition coefficient (Wildman–Crippen LogP) is 3.69. The zero-order valence-corrected chi connectivity index (χ0v) is 26.1. The summed E-state index contributed by atoms with van der Waals surface area (Å²) in [6.45, 7) is -0.725. The Labute approximate surface area is 258 Å². The second-order valence-electron chi connectivity index (χ2n) is 9.95. The molecule has 230 valence electrons. The van der Waals surface area contributed by atoms with E-state index in [9.17, 15) is 26.4 Å². The molecule has 10 nitrogen and oxygen atoms in total. The minimum absolute atomic E-state index is 0.0538. The fraction of sp³-hybridized carbons (Fsp3) is 0.188. The third-order valence-electron chi connectivity index (χ3n) is 6.93. The van der Waals surface area contributed by atoms with E-state index in [4.69, 9.17) is 0 Å². The standard InChI is InChI=1S/C32H34N4O6S2/c1-33(31(37)25-35(27-15-7-3-8-16-27)43(39,40)29-19-11-5-12-20-29)23-24-34(2)32(38)26-36(28-17-9-4-10-18-28)44(41,42)30-21-13-6-14-22-30/h3-22H,23-26H2,1-2H3. The van der Waals surface area contributed by atoms with Crippen LogP contribution in [0.1, 0.15) is 0 Å². The van der Waals surface area contributed by atoms with Gasteiger partial charge in [0.05, 0.1) is 21.2 Å².